The van der Waals surface area contributed by atoms with Crippen LogP contribution in [0.4, 0.5) is 4.39 Å². The number of fused-ring (bicyclic) bond motifs is 1. The molecule has 0 aliphatic rings. The first-order valence-corrected chi connectivity index (χ1v) is 4.16. The van der Waals surface area contributed by atoms with Gasteiger partial charge in [-0.25, -0.2) is 4.39 Å². The highest BCUT2D eigenvalue weighted by molar-refractivity contribution is 7.18. The third-order valence-corrected chi connectivity index (χ3v) is 2.38. The molecule has 3 nitrogen and oxygen atoms in total. The second kappa shape index (κ2) is 2.38. The average molecular weight is 185 g/mol. The topological polar surface area (TPSA) is 37.0 Å². The number of pyridine rings is 1. The predicted octanol–water partition coefficient (Wildman–Crippen LogP) is 1.27. The largest absolute Gasteiger partial charge is 0.380 e. The Morgan fingerprint density at radius 3 is 3.17 bits per heavy atom. The maximum atomic E-state index is 12.7. The third-order valence-electron chi connectivity index (χ3n) is 1.47. The lowest BCUT2D eigenvalue weighted by Gasteiger charge is -1.87. The molecule has 0 spiro atoms. The molecule has 0 bridgehead atoms. The molecule has 2 aromatic rings. The molecule has 5 heteroatoms. The summed E-state index contributed by atoms with van der Waals surface area (Å²) in [5, 5.41) is 9.99. The van der Waals surface area contributed by atoms with Crippen LogP contribution in [0.3, 0.4) is 0 Å². The zero-order valence-electron chi connectivity index (χ0n) is 6.28. The minimum Gasteiger partial charge on any atom is -0.349 e. The van der Waals surface area contributed by atoms with Crippen molar-refractivity contribution in [3.8, 4) is 0 Å². The fourth-order valence-electron chi connectivity index (χ4n) is 1.03. The zero-order valence-corrected chi connectivity index (χ0v) is 7.10. The van der Waals surface area contributed by atoms with Gasteiger partial charge in [0.1, 0.15) is 4.70 Å². The van der Waals surface area contributed by atoms with Gasteiger partial charge in [0.25, 0.3) is 0 Å². The molecule has 0 saturated carbocycles. The zero-order chi connectivity index (χ0) is 8.72. The fourth-order valence-corrected chi connectivity index (χ4v) is 1.88. The summed E-state index contributed by atoms with van der Waals surface area (Å²) in [6.07, 6.45) is 0.988. The second-order valence-electron chi connectivity index (χ2n) is 2.42. The Balaban J connectivity index is 2.88. The van der Waals surface area contributed by atoms with Gasteiger partial charge in [-0.15, -0.1) is 0 Å². The molecule has 12 heavy (non-hydrogen) atoms. The van der Waals surface area contributed by atoms with E-state index in [2.05, 4.69) is 4.98 Å². The van der Waals surface area contributed by atoms with E-state index in [1.165, 1.54) is 17.4 Å². The van der Waals surface area contributed by atoms with E-state index in [9.17, 15) is 9.60 Å². The first-order chi connectivity index (χ1) is 5.66. The van der Waals surface area contributed by atoms with Crippen molar-refractivity contribution < 1.29 is 14.3 Å². The Bertz CT molecular complexity index is 440. The van der Waals surface area contributed by atoms with Crippen molar-refractivity contribution in [2.24, 2.45) is 0 Å². The maximum Gasteiger partial charge on any atom is 0.380 e. The van der Waals surface area contributed by atoms with E-state index >= 15 is 0 Å². The molecule has 2 aromatic heterocycles. The molecular formula is C7H6FN2OS+. The molecule has 62 valence electrons. The Morgan fingerprint density at radius 1 is 1.67 bits per heavy atom. The van der Waals surface area contributed by atoms with Crippen molar-refractivity contribution in [3.63, 3.8) is 0 Å². The molecule has 0 radical (unpaired) electrons. The van der Waals surface area contributed by atoms with Crippen molar-refractivity contribution in [3.05, 3.63) is 23.1 Å². The molecule has 0 fully saturated rings. The van der Waals surface area contributed by atoms with Crippen molar-refractivity contribution in [2.45, 2.75) is 6.92 Å². The molecule has 1 N–H and O–H groups in total. The molecule has 0 aromatic carbocycles. The van der Waals surface area contributed by atoms with Crippen molar-refractivity contribution in [1.82, 2.24) is 4.98 Å². The second-order valence-corrected chi connectivity index (χ2v) is 3.66. The summed E-state index contributed by atoms with van der Waals surface area (Å²) in [7, 11) is 0. The summed E-state index contributed by atoms with van der Waals surface area (Å²) < 4.78 is 14.1. The van der Waals surface area contributed by atoms with Gasteiger partial charge in [0, 0.05) is 13.0 Å². The van der Waals surface area contributed by atoms with Gasteiger partial charge in [-0.3, -0.25) is 0 Å². The number of nitrogens with zero attached hydrogens (tertiary/aromatic N) is 2. The average Bonchev–Trinajstić information content (AvgIpc) is 2.29. The van der Waals surface area contributed by atoms with Crippen LogP contribution in [0.15, 0.2) is 12.3 Å². The van der Waals surface area contributed by atoms with E-state index in [4.69, 9.17) is 0 Å². The van der Waals surface area contributed by atoms with E-state index in [-0.39, 0.29) is 0 Å². The number of rotatable bonds is 0. The van der Waals surface area contributed by atoms with Gasteiger partial charge in [0.15, 0.2) is 12.0 Å². The number of hydrogen-bond acceptors (Lipinski definition) is 3. The molecule has 2 heterocycles. The van der Waals surface area contributed by atoms with Gasteiger partial charge in [-0.05, 0) is 9.71 Å². The van der Waals surface area contributed by atoms with Crippen LogP contribution < -0.4 is 4.73 Å². The van der Waals surface area contributed by atoms with Gasteiger partial charge in [-0.1, -0.05) is 11.3 Å². The lowest BCUT2D eigenvalue weighted by Crippen LogP contribution is -2.31. The first-order valence-electron chi connectivity index (χ1n) is 3.34. The highest BCUT2D eigenvalue weighted by Crippen LogP contribution is 2.18. The van der Waals surface area contributed by atoms with Crippen molar-refractivity contribution in [1.29, 1.82) is 0 Å². The Morgan fingerprint density at radius 2 is 2.42 bits per heavy atom. The van der Waals surface area contributed by atoms with E-state index in [1.807, 2.05) is 6.92 Å². The van der Waals surface area contributed by atoms with Crippen LogP contribution in [-0.2, 0) is 0 Å². The Labute approximate surface area is 71.7 Å². The molecule has 2 rings (SSSR count). The molecular weight excluding hydrogens is 179 g/mol. The standard InChI is InChI=1S/C7H6FN2OS/c1-4-9-7-6(12-4)2-5(8)3-10(7)11/h2-3,11H,1H3/q+1. The summed E-state index contributed by atoms with van der Waals surface area (Å²) in [5.74, 6) is -0.464. The summed E-state index contributed by atoms with van der Waals surface area (Å²) >= 11 is 1.35. The van der Waals surface area contributed by atoms with Gasteiger partial charge >= 0.3 is 5.65 Å². The van der Waals surface area contributed by atoms with Crippen LogP contribution in [0.25, 0.3) is 10.3 Å². The summed E-state index contributed by atoms with van der Waals surface area (Å²) in [4.78, 5) is 4.02. The number of thiazole rings is 1. The van der Waals surface area contributed by atoms with Gasteiger partial charge in [0.05, 0.1) is 0 Å². The maximum absolute atomic E-state index is 12.7. The molecule has 0 aliphatic carbocycles. The van der Waals surface area contributed by atoms with Crippen LogP contribution in [-0.4, -0.2) is 10.2 Å². The van der Waals surface area contributed by atoms with Crippen LogP contribution in [0.5, 0.6) is 0 Å². The van der Waals surface area contributed by atoms with Crippen LogP contribution in [0.1, 0.15) is 5.01 Å². The highest BCUT2D eigenvalue weighted by atomic mass is 32.1. The normalized spacial score (nSPS) is 10.8. The molecule has 0 amide bonds. The smallest absolute Gasteiger partial charge is 0.349 e. The molecule has 0 atom stereocenters. The Kier molecular flexibility index (Phi) is 1.47. The molecule has 0 saturated heterocycles. The summed E-state index contributed by atoms with van der Waals surface area (Å²) in [6.45, 7) is 1.81. The minimum absolute atomic E-state index is 0.402. The fraction of sp³-hybridized carbons (Fsp3) is 0.143. The van der Waals surface area contributed by atoms with Gasteiger partial charge in [0.2, 0.25) is 5.01 Å². The van der Waals surface area contributed by atoms with Gasteiger partial charge < -0.3 is 5.21 Å². The van der Waals surface area contributed by atoms with Crippen molar-refractivity contribution >= 4 is 21.7 Å². The first kappa shape index (κ1) is 7.42. The van der Waals surface area contributed by atoms with E-state index in [1.54, 1.807) is 0 Å². The summed E-state index contributed by atoms with van der Waals surface area (Å²) in [6, 6.07) is 1.35. The number of aromatic nitrogens is 2. The van der Waals surface area contributed by atoms with Crippen LogP contribution >= 0.6 is 11.3 Å². The molecule has 0 aliphatic heterocycles. The van der Waals surface area contributed by atoms with E-state index in [0.717, 1.165) is 11.2 Å². The summed E-state index contributed by atoms with van der Waals surface area (Å²) in [5.41, 5.74) is 0.402. The van der Waals surface area contributed by atoms with Gasteiger partial charge in [-0.2, -0.15) is 0 Å². The monoisotopic (exact) mass is 185 g/mol. The lowest BCUT2D eigenvalue weighted by molar-refractivity contribution is -0.886. The van der Waals surface area contributed by atoms with Crippen molar-refractivity contribution in [2.75, 3.05) is 0 Å². The number of halogens is 1. The lowest BCUT2D eigenvalue weighted by atomic mass is 10.4. The molecule has 0 unspecified atom stereocenters. The quantitative estimate of drug-likeness (QED) is 0.495. The van der Waals surface area contributed by atoms with Crippen LogP contribution in [0.2, 0.25) is 0 Å². The SMILES string of the molecule is Cc1nc2c(cc(F)c[n+]2O)s1. The van der Waals surface area contributed by atoms with E-state index in [0.29, 0.717) is 15.1 Å². The third kappa shape index (κ3) is 1.02. The minimum atomic E-state index is -0.464. The number of hydrogen-bond donors (Lipinski definition) is 1. The van der Waals surface area contributed by atoms with E-state index < -0.39 is 5.82 Å². The van der Waals surface area contributed by atoms with Crippen LogP contribution in [0, 0.1) is 12.7 Å². The highest BCUT2D eigenvalue weighted by Gasteiger charge is 2.15. The Hall–Kier alpha value is -1.23. The number of aryl methyl sites for hydroxylation is 1. The predicted molar refractivity (Wildman–Crippen MR) is 41.7 cm³/mol.